The molecule has 0 amide bonds. The molecular weight excluding hydrogens is 105 g/mol. The Balaban J connectivity index is 0. The first-order valence-corrected chi connectivity index (χ1v) is 0.697. The van der Waals surface area contributed by atoms with Crippen molar-refractivity contribution in [2.45, 2.75) is 0 Å². The van der Waals surface area contributed by atoms with Crippen molar-refractivity contribution in [3.63, 3.8) is 0 Å². The topological polar surface area (TPSA) is 9.23 Å². The van der Waals surface area contributed by atoms with Crippen LogP contribution in [0.1, 0.15) is 0 Å². The number of ether oxygens (including phenoxy) is 1. The van der Waals surface area contributed by atoms with Crippen molar-refractivity contribution < 1.29 is 24.2 Å². The molecule has 0 aromatic rings. The zero-order valence-corrected chi connectivity index (χ0v) is 5.79. The summed E-state index contributed by atoms with van der Waals surface area (Å²) >= 11 is 0. The molecular formula is C2H5OZn. The van der Waals surface area contributed by atoms with Crippen molar-refractivity contribution in [3.05, 3.63) is 7.11 Å². The van der Waals surface area contributed by atoms with Gasteiger partial charge in [0, 0.05) is 26.6 Å². The van der Waals surface area contributed by atoms with Crippen LogP contribution in [0.3, 0.4) is 0 Å². The third-order valence-electron chi connectivity index (χ3n) is 0. The zero-order valence-electron chi connectivity index (χ0n) is 2.82. The van der Waals surface area contributed by atoms with Gasteiger partial charge in [-0.3, -0.25) is 0 Å². The molecule has 0 aromatic carbocycles. The van der Waals surface area contributed by atoms with Gasteiger partial charge in [0.1, 0.15) is 0 Å². The second-order valence-corrected chi connectivity index (χ2v) is 0.289. The maximum atomic E-state index is 4.00. The van der Waals surface area contributed by atoms with E-state index in [1.165, 1.54) is 7.11 Å². The molecule has 0 saturated heterocycles. The van der Waals surface area contributed by atoms with Gasteiger partial charge in [0.15, 0.2) is 0 Å². The molecule has 0 aliphatic carbocycles. The quantitative estimate of drug-likeness (QED) is 0.411. The minimum atomic E-state index is 0. The van der Waals surface area contributed by atoms with E-state index in [1.54, 1.807) is 0 Å². The van der Waals surface area contributed by atoms with E-state index in [-0.39, 0.29) is 19.5 Å². The number of hydrogen-bond acceptors (Lipinski definition) is 1. The first kappa shape index (κ1) is 8.82. The van der Waals surface area contributed by atoms with Gasteiger partial charge in [-0.25, -0.2) is 0 Å². The van der Waals surface area contributed by atoms with Crippen LogP contribution in [-0.2, 0) is 24.2 Å². The third kappa shape index (κ3) is 19.0. The van der Waals surface area contributed by atoms with Crippen molar-refractivity contribution in [3.8, 4) is 0 Å². The Morgan fingerprint density at radius 3 is 1.75 bits per heavy atom. The fourth-order valence-corrected chi connectivity index (χ4v) is 0. The Morgan fingerprint density at radius 2 is 1.75 bits per heavy atom. The van der Waals surface area contributed by atoms with Crippen molar-refractivity contribution in [1.82, 2.24) is 0 Å². The summed E-state index contributed by atoms with van der Waals surface area (Å²) < 4.78 is 4.00. The second-order valence-electron chi connectivity index (χ2n) is 0.289. The van der Waals surface area contributed by atoms with Gasteiger partial charge in [-0.05, 0) is 0 Å². The molecule has 2 heteroatoms. The van der Waals surface area contributed by atoms with Crippen LogP contribution in [0.4, 0.5) is 0 Å². The van der Waals surface area contributed by atoms with Gasteiger partial charge in [0.25, 0.3) is 0 Å². The Kier molecular flexibility index (Phi) is 21.0. The van der Waals surface area contributed by atoms with E-state index >= 15 is 0 Å². The van der Waals surface area contributed by atoms with E-state index in [0.717, 1.165) is 0 Å². The molecule has 0 spiro atoms. The molecule has 0 N–H and O–H groups in total. The summed E-state index contributed by atoms with van der Waals surface area (Å²) in [6.07, 6.45) is 0. The monoisotopic (exact) mass is 109 g/mol. The van der Waals surface area contributed by atoms with Gasteiger partial charge in [-0.2, -0.15) is 0 Å². The van der Waals surface area contributed by atoms with Gasteiger partial charge in [0.2, 0.25) is 0 Å². The number of methoxy groups -OCH3 is 1. The molecule has 0 rings (SSSR count). The molecule has 0 bridgehead atoms. The predicted octanol–water partition coefficient (Wildman–Crippen LogP) is 0.422. The average molecular weight is 110 g/mol. The average Bonchev–Trinajstić information content (AvgIpc) is 0.918. The smallest absolute Gasteiger partial charge is 0.0696 e. The normalized spacial score (nSPS) is 4.50. The van der Waals surface area contributed by atoms with Crippen LogP contribution in [0.2, 0.25) is 0 Å². The Labute approximate surface area is 39.1 Å². The first-order chi connectivity index (χ1) is 1.41. The Hall–Kier alpha value is 0.583. The fraction of sp³-hybridized carbons (Fsp3) is 0.500. The molecule has 4 heavy (non-hydrogen) atoms. The molecule has 0 aliphatic heterocycles. The molecule has 0 saturated carbocycles. The number of hydrogen-bond donors (Lipinski definition) is 0. The van der Waals surface area contributed by atoms with E-state index in [9.17, 15) is 0 Å². The molecule has 0 heterocycles. The standard InChI is InChI=1S/C2H5O.Zn/c1-3-2;/h1H2,2H3;. The van der Waals surface area contributed by atoms with E-state index in [4.69, 9.17) is 0 Å². The molecule has 0 unspecified atom stereocenters. The maximum absolute atomic E-state index is 4.00. The fourth-order valence-electron chi connectivity index (χ4n) is 0. The first-order valence-electron chi connectivity index (χ1n) is 0.697. The number of rotatable bonds is 0. The SMILES string of the molecule is [CH2]OC.[Zn]. The van der Waals surface area contributed by atoms with Crippen molar-refractivity contribution in [2.24, 2.45) is 0 Å². The maximum Gasteiger partial charge on any atom is 0.0696 e. The summed E-state index contributed by atoms with van der Waals surface area (Å²) in [5, 5.41) is 0. The molecule has 0 aliphatic rings. The van der Waals surface area contributed by atoms with Crippen LogP contribution >= 0.6 is 0 Å². The largest absolute Gasteiger partial charge is 0.382 e. The van der Waals surface area contributed by atoms with Crippen LogP contribution in [0.15, 0.2) is 0 Å². The summed E-state index contributed by atoms with van der Waals surface area (Å²) in [4.78, 5) is 0. The van der Waals surface area contributed by atoms with Crippen LogP contribution in [0.25, 0.3) is 0 Å². The van der Waals surface area contributed by atoms with E-state index in [1.807, 2.05) is 0 Å². The molecule has 0 aromatic heterocycles. The minimum absolute atomic E-state index is 0. The van der Waals surface area contributed by atoms with E-state index < -0.39 is 0 Å². The summed E-state index contributed by atoms with van der Waals surface area (Å²) in [5.41, 5.74) is 0. The zero-order chi connectivity index (χ0) is 2.71. The van der Waals surface area contributed by atoms with E-state index in [0.29, 0.717) is 0 Å². The molecule has 1 radical (unpaired) electrons. The van der Waals surface area contributed by atoms with Crippen LogP contribution in [0, 0.1) is 7.11 Å². The van der Waals surface area contributed by atoms with Crippen molar-refractivity contribution >= 4 is 0 Å². The van der Waals surface area contributed by atoms with Crippen molar-refractivity contribution in [2.75, 3.05) is 7.11 Å². The molecule has 0 atom stereocenters. The van der Waals surface area contributed by atoms with Gasteiger partial charge >= 0.3 is 0 Å². The molecule has 1 nitrogen and oxygen atoms in total. The van der Waals surface area contributed by atoms with Crippen molar-refractivity contribution in [1.29, 1.82) is 0 Å². The second kappa shape index (κ2) is 9.54. The van der Waals surface area contributed by atoms with E-state index in [2.05, 4.69) is 11.8 Å². The van der Waals surface area contributed by atoms with Crippen LogP contribution in [0.5, 0.6) is 0 Å². The minimum Gasteiger partial charge on any atom is -0.382 e. The van der Waals surface area contributed by atoms with Gasteiger partial charge in [0.05, 0.1) is 7.11 Å². The Bertz CT molecular complexity index is 6.00. The molecule has 21 valence electrons. The summed E-state index contributed by atoms with van der Waals surface area (Å²) in [6, 6.07) is 0. The van der Waals surface area contributed by atoms with Gasteiger partial charge in [-0.1, -0.05) is 0 Å². The molecule has 0 fully saturated rings. The third-order valence-corrected chi connectivity index (χ3v) is 0. The predicted molar refractivity (Wildman–Crippen MR) is 12.4 cm³/mol. The van der Waals surface area contributed by atoms with Crippen LogP contribution in [-0.4, -0.2) is 7.11 Å². The van der Waals surface area contributed by atoms with Gasteiger partial charge in [-0.15, -0.1) is 0 Å². The van der Waals surface area contributed by atoms with Crippen LogP contribution < -0.4 is 0 Å². The summed E-state index contributed by atoms with van der Waals surface area (Å²) in [7, 11) is 4.50. The summed E-state index contributed by atoms with van der Waals surface area (Å²) in [6.45, 7) is 0. The van der Waals surface area contributed by atoms with Gasteiger partial charge < -0.3 is 4.74 Å². The summed E-state index contributed by atoms with van der Waals surface area (Å²) in [5.74, 6) is 0. The Morgan fingerprint density at radius 1 is 1.75 bits per heavy atom.